The molecule has 2 aromatic carbocycles. The number of carbonyl (C=O) groups is 3. The van der Waals surface area contributed by atoms with E-state index in [4.69, 9.17) is 0 Å². The molecule has 0 spiro atoms. The maximum atomic E-state index is 12.7. The highest BCUT2D eigenvalue weighted by atomic mass is 16.4. The van der Waals surface area contributed by atoms with E-state index in [9.17, 15) is 19.5 Å². The molecule has 1 saturated carbocycles. The van der Waals surface area contributed by atoms with Gasteiger partial charge in [-0.1, -0.05) is 55.3 Å². The summed E-state index contributed by atoms with van der Waals surface area (Å²) in [6.45, 7) is 1.43. The average Bonchev–Trinajstić information content (AvgIpc) is 3.23. The lowest BCUT2D eigenvalue weighted by molar-refractivity contribution is -0.141. The Kier molecular flexibility index (Phi) is 6.86. The van der Waals surface area contributed by atoms with E-state index in [2.05, 4.69) is 10.6 Å². The van der Waals surface area contributed by atoms with Crippen LogP contribution in [0.3, 0.4) is 0 Å². The molecule has 154 valence electrons. The Bertz CT molecular complexity index is 884. The van der Waals surface area contributed by atoms with Crippen molar-refractivity contribution in [1.82, 2.24) is 10.6 Å². The van der Waals surface area contributed by atoms with Gasteiger partial charge < -0.3 is 15.7 Å². The first-order valence-electron chi connectivity index (χ1n) is 10.2. The van der Waals surface area contributed by atoms with Crippen molar-refractivity contribution >= 4 is 28.6 Å². The highest BCUT2D eigenvalue weighted by molar-refractivity contribution is 5.88. The number of benzene rings is 2. The van der Waals surface area contributed by atoms with Crippen LogP contribution in [-0.4, -0.2) is 35.5 Å². The second-order valence-electron chi connectivity index (χ2n) is 7.85. The number of rotatable bonds is 8. The van der Waals surface area contributed by atoms with Gasteiger partial charge in [-0.25, -0.2) is 0 Å². The van der Waals surface area contributed by atoms with Crippen LogP contribution in [0.25, 0.3) is 10.8 Å². The van der Waals surface area contributed by atoms with Crippen LogP contribution < -0.4 is 10.6 Å². The molecule has 2 unspecified atom stereocenters. The van der Waals surface area contributed by atoms with Gasteiger partial charge in [0.1, 0.15) is 6.04 Å². The number of hydrogen-bond donors (Lipinski definition) is 3. The molecule has 1 aliphatic rings. The molecular weight excluding hydrogens is 368 g/mol. The Hall–Kier alpha value is -2.89. The molecule has 0 radical (unpaired) electrons. The maximum absolute atomic E-state index is 12.7. The fraction of sp³-hybridized carbons (Fsp3) is 0.435. The summed E-state index contributed by atoms with van der Waals surface area (Å²) in [5, 5.41) is 17.3. The van der Waals surface area contributed by atoms with Crippen LogP contribution in [0.4, 0.5) is 0 Å². The third kappa shape index (κ3) is 5.34. The minimum absolute atomic E-state index is 0.0280. The number of hydrogen-bond acceptors (Lipinski definition) is 3. The predicted molar refractivity (Wildman–Crippen MR) is 111 cm³/mol. The summed E-state index contributed by atoms with van der Waals surface area (Å²) >= 11 is 0. The van der Waals surface area contributed by atoms with Crippen LogP contribution in [0.1, 0.15) is 38.2 Å². The molecule has 2 aromatic rings. The lowest BCUT2D eigenvalue weighted by Crippen LogP contribution is -2.51. The number of carboxylic acid groups (broad SMARTS) is 1. The molecule has 0 aromatic heterocycles. The first kappa shape index (κ1) is 20.8. The number of nitrogens with one attached hydrogen (secondary N) is 2. The van der Waals surface area contributed by atoms with E-state index >= 15 is 0 Å². The van der Waals surface area contributed by atoms with Crippen molar-refractivity contribution in [3.05, 3.63) is 48.0 Å². The summed E-state index contributed by atoms with van der Waals surface area (Å²) in [4.78, 5) is 36.1. The molecular formula is C23H28N2O4. The second-order valence-corrected chi connectivity index (χ2v) is 7.85. The zero-order valence-electron chi connectivity index (χ0n) is 16.7. The van der Waals surface area contributed by atoms with Gasteiger partial charge in [-0.2, -0.15) is 0 Å². The van der Waals surface area contributed by atoms with Crippen LogP contribution in [0.2, 0.25) is 0 Å². The quantitative estimate of drug-likeness (QED) is 0.639. The molecule has 3 N–H and O–H groups in total. The summed E-state index contributed by atoms with van der Waals surface area (Å²) < 4.78 is 0. The smallest absolute Gasteiger partial charge is 0.308 e. The molecule has 0 saturated heterocycles. The van der Waals surface area contributed by atoms with Gasteiger partial charge in [-0.05, 0) is 41.5 Å². The zero-order valence-corrected chi connectivity index (χ0v) is 16.7. The summed E-state index contributed by atoms with van der Waals surface area (Å²) in [5.74, 6) is -2.12. The lowest BCUT2D eigenvalue weighted by atomic mass is 9.94. The Morgan fingerprint density at radius 2 is 1.76 bits per heavy atom. The van der Waals surface area contributed by atoms with Gasteiger partial charge in [-0.15, -0.1) is 0 Å². The number of aliphatic carboxylic acids is 1. The van der Waals surface area contributed by atoms with Gasteiger partial charge in [0.25, 0.3) is 0 Å². The molecule has 0 bridgehead atoms. The van der Waals surface area contributed by atoms with Crippen molar-refractivity contribution in [3.63, 3.8) is 0 Å². The SMILES string of the molecule is CC(=O)NC(C(=O)NCC(Cc1cccc2ccccc12)C(=O)O)C1CCCC1. The summed E-state index contributed by atoms with van der Waals surface area (Å²) in [5.41, 5.74) is 0.943. The number of carbonyl (C=O) groups excluding carboxylic acids is 2. The molecule has 0 heterocycles. The molecule has 1 aliphatic carbocycles. The highest BCUT2D eigenvalue weighted by Gasteiger charge is 2.32. The summed E-state index contributed by atoms with van der Waals surface area (Å²) in [7, 11) is 0. The summed E-state index contributed by atoms with van der Waals surface area (Å²) in [6, 6.07) is 13.1. The summed E-state index contributed by atoms with van der Waals surface area (Å²) in [6.07, 6.45) is 4.22. The van der Waals surface area contributed by atoms with E-state index in [0.29, 0.717) is 6.42 Å². The topological polar surface area (TPSA) is 95.5 Å². The van der Waals surface area contributed by atoms with E-state index in [-0.39, 0.29) is 24.3 Å². The monoisotopic (exact) mass is 396 g/mol. The van der Waals surface area contributed by atoms with Crippen LogP contribution in [-0.2, 0) is 20.8 Å². The third-order valence-corrected chi connectivity index (χ3v) is 5.73. The zero-order chi connectivity index (χ0) is 20.8. The minimum Gasteiger partial charge on any atom is -0.481 e. The Balaban J connectivity index is 1.69. The lowest BCUT2D eigenvalue weighted by Gasteiger charge is -2.24. The molecule has 0 aliphatic heterocycles. The van der Waals surface area contributed by atoms with Crippen molar-refractivity contribution in [2.75, 3.05) is 6.54 Å². The highest BCUT2D eigenvalue weighted by Crippen LogP contribution is 2.28. The van der Waals surface area contributed by atoms with Crippen molar-refractivity contribution in [1.29, 1.82) is 0 Å². The van der Waals surface area contributed by atoms with Gasteiger partial charge in [-0.3, -0.25) is 14.4 Å². The number of carboxylic acids is 1. The van der Waals surface area contributed by atoms with E-state index in [1.54, 1.807) is 0 Å². The average molecular weight is 396 g/mol. The van der Waals surface area contributed by atoms with E-state index < -0.39 is 17.9 Å². The number of fused-ring (bicyclic) bond motifs is 1. The Morgan fingerprint density at radius 3 is 2.45 bits per heavy atom. The second kappa shape index (κ2) is 9.54. The van der Waals surface area contributed by atoms with Gasteiger partial charge in [0.2, 0.25) is 11.8 Å². The van der Waals surface area contributed by atoms with Crippen LogP contribution in [0.5, 0.6) is 0 Å². The van der Waals surface area contributed by atoms with E-state index in [1.807, 2.05) is 42.5 Å². The molecule has 6 nitrogen and oxygen atoms in total. The van der Waals surface area contributed by atoms with Crippen molar-refractivity contribution in [2.45, 2.75) is 45.1 Å². The molecule has 1 fully saturated rings. The van der Waals surface area contributed by atoms with Crippen molar-refractivity contribution in [3.8, 4) is 0 Å². The maximum Gasteiger partial charge on any atom is 0.308 e. The minimum atomic E-state index is -0.949. The standard InChI is InChI=1S/C23H28N2O4/c1-15(26)25-21(17-8-2-3-9-17)22(27)24-14-19(23(28)29)13-18-11-6-10-16-7-4-5-12-20(16)18/h4-7,10-12,17,19,21H,2-3,8-9,13-14H2,1H3,(H,24,27)(H,25,26)(H,28,29). The van der Waals surface area contributed by atoms with Gasteiger partial charge >= 0.3 is 5.97 Å². The fourth-order valence-corrected chi connectivity index (χ4v) is 4.22. The van der Waals surface area contributed by atoms with Crippen molar-refractivity contribution < 1.29 is 19.5 Å². The first-order valence-corrected chi connectivity index (χ1v) is 10.2. The fourth-order valence-electron chi connectivity index (χ4n) is 4.22. The number of amides is 2. The van der Waals surface area contributed by atoms with Crippen molar-refractivity contribution in [2.24, 2.45) is 11.8 Å². The molecule has 2 atom stereocenters. The van der Waals surface area contributed by atoms with E-state index in [1.165, 1.54) is 6.92 Å². The first-order chi connectivity index (χ1) is 14.0. The van der Waals surface area contributed by atoms with Crippen LogP contribution >= 0.6 is 0 Å². The van der Waals surface area contributed by atoms with E-state index in [0.717, 1.165) is 42.0 Å². The largest absolute Gasteiger partial charge is 0.481 e. The van der Waals surface area contributed by atoms with Gasteiger partial charge in [0.15, 0.2) is 0 Å². The van der Waals surface area contributed by atoms with Gasteiger partial charge in [0.05, 0.1) is 5.92 Å². The van der Waals surface area contributed by atoms with Crippen LogP contribution in [0.15, 0.2) is 42.5 Å². The third-order valence-electron chi connectivity index (χ3n) is 5.73. The van der Waals surface area contributed by atoms with Gasteiger partial charge in [0, 0.05) is 13.5 Å². The van der Waals surface area contributed by atoms with Crippen LogP contribution in [0, 0.1) is 11.8 Å². The molecule has 6 heteroatoms. The normalized spacial score (nSPS) is 16.3. The molecule has 3 rings (SSSR count). The predicted octanol–water partition coefficient (Wildman–Crippen LogP) is 2.89. The molecule has 29 heavy (non-hydrogen) atoms. The Morgan fingerprint density at radius 1 is 1.07 bits per heavy atom. The Labute approximate surface area is 170 Å². The molecule has 2 amide bonds.